The van der Waals surface area contributed by atoms with E-state index < -0.39 is 0 Å². The van der Waals surface area contributed by atoms with E-state index >= 15 is 0 Å². The monoisotopic (exact) mass is 290 g/mol. The maximum Gasteiger partial charge on any atom is 0.315 e. The van der Waals surface area contributed by atoms with Crippen molar-refractivity contribution in [2.24, 2.45) is 5.41 Å². The van der Waals surface area contributed by atoms with E-state index in [0.29, 0.717) is 12.5 Å². The molecule has 116 valence electrons. The van der Waals surface area contributed by atoms with Crippen molar-refractivity contribution in [1.29, 1.82) is 0 Å². The van der Waals surface area contributed by atoms with Crippen molar-refractivity contribution in [2.75, 3.05) is 13.2 Å². The largest absolute Gasteiger partial charge is 0.396 e. The molecule has 3 N–H and O–H groups in total. The predicted molar refractivity (Wildman–Crippen MR) is 84.2 cm³/mol. The van der Waals surface area contributed by atoms with Crippen LogP contribution >= 0.6 is 0 Å². The Balaban J connectivity index is 1.61. The molecule has 2 unspecified atom stereocenters. The summed E-state index contributed by atoms with van der Waals surface area (Å²) in [6.45, 7) is 4.89. The summed E-state index contributed by atoms with van der Waals surface area (Å²) in [6, 6.07) is 10.5. The lowest BCUT2D eigenvalue weighted by atomic mass is 9.89. The lowest BCUT2D eigenvalue weighted by Crippen LogP contribution is -2.38. The molecule has 1 fully saturated rings. The third-order valence-corrected chi connectivity index (χ3v) is 4.08. The van der Waals surface area contributed by atoms with E-state index in [0.717, 1.165) is 19.3 Å². The van der Waals surface area contributed by atoms with Crippen molar-refractivity contribution in [3.8, 4) is 0 Å². The van der Waals surface area contributed by atoms with E-state index in [1.54, 1.807) is 0 Å². The minimum Gasteiger partial charge on any atom is -0.396 e. The van der Waals surface area contributed by atoms with Gasteiger partial charge in [0.15, 0.2) is 0 Å². The Labute approximate surface area is 126 Å². The van der Waals surface area contributed by atoms with Crippen LogP contribution in [-0.4, -0.2) is 30.3 Å². The van der Waals surface area contributed by atoms with E-state index in [4.69, 9.17) is 5.11 Å². The van der Waals surface area contributed by atoms with Gasteiger partial charge < -0.3 is 15.7 Å². The summed E-state index contributed by atoms with van der Waals surface area (Å²) in [4.78, 5) is 11.8. The molecule has 0 aromatic heterocycles. The number of aliphatic hydroxyl groups excluding tert-OH is 1. The third kappa shape index (κ3) is 5.05. The molecule has 0 aliphatic heterocycles. The molecule has 0 spiro atoms. The van der Waals surface area contributed by atoms with Gasteiger partial charge in [-0.3, -0.25) is 0 Å². The van der Waals surface area contributed by atoms with Crippen LogP contribution in [0.5, 0.6) is 0 Å². The molecule has 21 heavy (non-hydrogen) atoms. The van der Waals surface area contributed by atoms with E-state index in [2.05, 4.69) is 22.8 Å². The number of rotatable bonds is 7. The highest BCUT2D eigenvalue weighted by atomic mass is 16.3. The van der Waals surface area contributed by atoms with Gasteiger partial charge >= 0.3 is 6.03 Å². The van der Waals surface area contributed by atoms with Crippen LogP contribution in [0.25, 0.3) is 0 Å². The highest BCUT2D eigenvalue weighted by molar-refractivity contribution is 5.74. The third-order valence-electron chi connectivity index (χ3n) is 4.08. The minimum absolute atomic E-state index is 0.0624. The number of aliphatic hydroxyl groups is 1. The van der Waals surface area contributed by atoms with Crippen LogP contribution in [-0.2, 0) is 0 Å². The fraction of sp³-hybridized carbons (Fsp3) is 0.588. The van der Waals surface area contributed by atoms with E-state index in [1.807, 2.05) is 32.0 Å². The average molecular weight is 290 g/mol. The second-order valence-corrected chi connectivity index (χ2v) is 6.69. The Kier molecular flexibility index (Phi) is 5.23. The van der Waals surface area contributed by atoms with Gasteiger partial charge in [0, 0.05) is 25.1 Å². The molecule has 2 amide bonds. The number of benzene rings is 1. The molecular weight excluding hydrogens is 264 g/mol. The summed E-state index contributed by atoms with van der Waals surface area (Å²) < 4.78 is 0. The summed E-state index contributed by atoms with van der Waals surface area (Å²) in [7, 11) is 0. The molecule has 0 radical (unpaired) electrons. The van der Waals surface area contributed by atoms with Gasteiger partial charge in [-0.2, -0.15) is 0 Å². The number of hydrogen-bond acceptors (Lipinski definition) is 2. The minimum atomic E-state index is -0.0831. The zero-order chi connectivity index (χ0) is 15.3. The smallest absolute Gasteiger partial charge is 0.315 e. The first kappa shape index (κ1) is 15.8. The number of nitrogens with one attached hydrogen (secondary N) is 2. The van der Waals surface area contributed by atoms with Crippen LogP contribution in [0.2, 0.25) is 0 Å². The topological polar surface area (TPSA) is 61.4 Å². The molecule has 1 saturated carbocycles. The molecule has 4 nitrogen and oxygen atoms in total. The summed E-state index contributed by atoms with van der Waals surface area (Å²) >= 11 is 0. The molecule has 1 aromatic carbocycles. The molecule has 0 heterocycles. The Morgan fingerprint density at radius 2 is 2.05 bits per heavy atom. The van der Waals surface area contributed by atoms with Gasteiger partial charge in [0.05, 0.1) is 0 Å². The molecule has 1 aliphatic carbocycles. The van der Waals surface area contributed by atoms with Crippen molar-refractivity contribution >= 4 is 6.03 Å². The Hall–Kier alpha value is -1.55. The van der Waals surface area contributed by atoms with Gasteiger partial charge in [0.2, 0.25) is 0 Å². The summed E-state index contributed by atoms with van der Waals surface area (Å²) in [5.74, 6) is 0.463. The zero-order valence-electron chi connectivity index (χ0n) is 12.9. The number of carbonyl (C=O) groups is 1. The van der Waals surface area contributed by atoms with E-state index in [-0.39, 0.29) is 24.1 Å². The maximum atomic E-state index is 11.8. The fourth-order valence-corrected chi connectivity index (χ4v) is 2.49. The highest BCUT2D eigenvalue weighted by Gasteiger charge is 2.39. The summed E-state index contributed by atoms with van der Waals surface area (Å²) in [5.41, 5.74) is 1.24. The van der Waals surface area contributed by atoms with Crippen LogP contribution in [0.4, 0.5) is 4.79 Å². The average Bonchev–Trinajstić information content (AvgIpc) is 3.24. The molecule has 0 bridgehead atoms. The first-order valence-electron chi connectivity index (χ1n) is 7.72. The van der Waals surface area contributed by atoms with E-state index in [1.165, 1.54) is 5.56 Å². The number of urea groups is 1. The Bertz CT molecular complexity index is 459. The standard InChI is InChI=1S/C17H26N2O2/c1-17(2,12-20)9-6-10-18-16(21)19-15-11-14(15)13-7-4-3-5-8-13/h3-5,7-8,14-15,20H,6,9-12H2,1-2H3,(H2,18,19,21). The molecule has 2 rings (SSSR count). The Morgan fingerprint density at radius 3 is 2.71 bits per heavy atom. The second-order valence-electron chi connectivity index (χ2n) is 6.69. The number of amides is 2. The fourth-order valence-electron chi connectivity index (χ4n) is 2.49. The van der Waals surface area contributed by atoms with Crippen LogP contribution < -0.4 is 10.6 Å². The van der Waals surface area contributed by atoms with Crippen molar-refractivity contribution in [1.82, 2.24) is 10.6 Å². The number of hydrogen-bond donors (Lipinski definition) is 3. The molecular formula is C17H26N2O2. The summed E-state index contributed by atoms with van der Waals surface area (Å²) in [6.07, 6.45) is 2.81. The normalized spacial score (nSPS) is 20.9. The van der Waals surface area contributed by atoms with Crippen LogP contribution in [0.15, 0.2) is 30.3 Å². The summed E-state index contributed by atoms with van der Waals surface area (Å²) in [5, 5.41) is 15.1. The first-order chi connectivity index (χ1) is 10.0. The molecule has 4 heteroatoms. The highest BCUT2D eigenvalue weighted by Crippen LogP contribution is 2.40. The zero-order valence-corrected chi connectivity index (χ0v) is 12.9. The van der Waals surface area contributed by atoms with E-state index in [9.17, 15) is 4.79 Å². The van der Waals surface area contributed by atoms with Crippen LogP contribution in [0.1, 0.15) is 44.6 Å². The number of carbonyl (C=O) groups excluding carboxylic acids is 1. The van der Waals surface area contributed by atoms with Crippen molar-refractivity contribution < 1.29 is 9.90 Å². The second kappa shape index (κ2) is 6.94. The SMILES string of the molecule is CC(C)(CO)CCCNC(=O)NC1CC1c1ccccc1. The molecule has 1 aliphatic rings. The van der Waals surface area contributed by atoms with Crippen LogP contribution in [0.3, 0.4) is 0 Å². The van der Waals surface area contributed by atoms with Crippen molar-refractivity contribution in [3.63, 3.8) is 0 Å². The molecule has 0 saturated heterocycles. The Morgan fingerprint density at radius 1 is 1.33 bits per heavy atom. The quantitative estimate of drug-likeness (QED) is 0.676. The van der Waals surface area contributed by atoms with Gasteiger partial charge in [-0.1, -0.05) is 44.2 Å². The van der Waals surface area contributed by atoms with Gasteiger partial charge in [-0.05, 0) is 30.2 Å². The molecule has 2 atom stereocenters. The van der Waals surface area contributed by atoms with Gasteiger partial charge in [0.1, 0.15) is 0 Å². The van der Waals surface area contributed by atoms with Crippen LogP contribution in [0, 0.1) is 5.41 Å². The van der Waals surface area contributed by atoms with Crippen molar-refractivity contribution in [3.05, 3.63) is 35.9 Å². The van der Waals surface area contributed by atoms with Gasteiger partial charge in [-0.15, -0.1) is 0 Å². The van der Waals surface area contributed by atoms with Gasteiger partial charge in [0.25, 0.3) is 0 Å². The van der Waals surface area contributed by atoms with Crippen molar-refractivity contribution in [2.45, 2.75) is 45.1 Å². The lowest BCUT2D eigenvalue weighted by molar-refractivity contribution is 0.148. The van der Waals surface area contributed by atoms with Gasteiger partial charge in [-0.25, -0.2) is 4.79 Å². The maximum absolute atomic E-state index is 11.8. The lowest BCUT2D eigenvalue weighted by Gasteiger charge is -2.21. The molecule has 1 aromatic rings. The predicted octanol–water partition coefficient (Wildman–Crippen LogP) is 2.64. The first-order valence-corrected chi connectivity index (χ1v) is 7.72.